The molecule has 0 saturated carbocycles. The van der Waals surface area contributed by atoms with Gasteiger partial charge < -0.3 is 24.1 Å². The summed E-state index contributed by atoms with van der Waals surface area (Å²) in [6, 6.07) is 8.62. The summed E-state index contributed by atoms with van der Waals surface area (Å²) in [7, 11) is 0. The molecule has 2 aromatic carbocycles. The van der Waals surface area contributed by atoms with Crippen LogP contribution in [0.4, 0.5) is 4.39 Å². The van der Waals surface area contributed by atoms with E-state index in [-0.39, 0.29) is 37.9 Å². The third-order valence-electron chi connectivity index (χ3n) is 3.53. The van der Waals surface area contributed by atoms with Crippen molar-refractivity contribution in [1.29, 1.82) is 0 Å². The van der Waals surface area contributed by atoms with Crippen LogP contribution in [0.15, 0.2) is 36.4 Å². The van der Waals surface area contributed by atoms with E-state index in [1.165, 1.54) is 30.3 Å². The number of phenols is 1. The molecule has 2 rings (SSSR count). The number of carbonyl (C=O) groups is 2. The van der Waals surface area contributed by atoms with Crippen molar-refractivity contribution in [3.63, 3.8) is 0 Å². The lowest BCUT2D eigenvalue weighted by Gasteiger charge is -2.14. The number of benzene rings is 2. The molecule has 0 saturated heterocycles. The summed E-state index contributed by atoms with van der Waals surface area (Å²) in [4.78, 5) is 23.1. The molecule has 28 heavy (non-hydrogen) atoms. The highest BCUT2D eigenvalue weighted by atomic mass is 19.1. The molecule has 0 amide bonds. The van der Waals surface area contributed by atoms with Gasteiger partial charge in [-0.15, -0.1) is 0 Å². The maximum Gasteiger partial charge on any atom is 0.344 e. The summed E-state index contributed by atoms with van der Waals surface area (Å²) in [5, 5.41) is 9.34. The summed E-state index contributed by atoms with van der Waals surface area (Å²) >= 11 is 0. The molecule has 0 spiro atoms. The van der Waals surface area contributed by atoms with Crippen LogP contribution < -0.4 is 9.47 Å². The largest absolute Gasteiger partial charge is 0.505 e. The Morgan fingerprint density at radius 1 is 0.857 bits per heavy atom. The average Bonchev–Trinajstić information content (AvgIpc) is 2.67. The molecule has 0 aliphatic rings. The molecule has 8 heteroatoms. The molecule has 7 nitrogen and oxygen atoms in total. The molecule has 2 aromatic rings. The minimum absolute atomic E-state index is 0.170. The predicted octanol–water partition coefficient (Wildman–Crippen LogP) is 3.08. The van der Waals surface area contributed by atoms with Crippen molar-refractivity contribution in [3.05, 3.63) is 42.2 Å². The van der Waals surface area contributed by atoms with Crippen molar-refractivity contribution in [3.8, 4) is 28.4 Å². The van der Waals surface area contributed by atoms with Gasteiger partial charge in [0.15, 0.2) is 36.3 Å². The number of ether oxygens (including phenoxy) is 4. The normalized spacial score (nSPS) is 10.2. The number of carbonyl (C=O) groups excluding carboxylic acids is 2. The SMILES string of the molecule is CCOC(=O)COc1ccc(-c2ccc(O)c(F)c2)cc1OCC(=O)OCC. The highest BCUT2D eigenvalue weighted by molar-refractivity contribution is 5.73. The van der Waals surface area contributed by atoms with Crippen molar-refractivity contribution in [2.75, 3.05) is 26.4 Å². The minimum Gasteiger partial charge on any atom is -0.505 e. The van der Waals surface area contributed by atoms with Crippen LogP contribution in [0, 0.1) is 5.82 Å². The standard InChI is InChI=1S/C20H21FO7/c1-3-25-19(23)11-27-17-8-6-14(13-5-7-16(22)15(21)9-13)10-18(17)28-12-20(24)26-4-2/h5-10,22H,3-4,11-12H2,1-2H3. The zero-order chi connectivity index (χ0) is 20.5. The summed E-state index contributed by atoms with van der Waals surface area (Å²) < 4.78 is 34.2. The summed E-state index contributed by atoms with van der Waals surface area (Å²) in [6.45, 7) is 3.08. The van der Waals surface area contributed by atoms with Crippen molar-refractivity contribution >= 4 is 11.9 Å². The summed E-state index contributed by atoms with van der Waals surface area (Å²) in [5.74, 6) is -1.97. The molecule has 0 aliphatic heterocycles. The Hall–Kier alpha value is -3.29. The van der Waals surface area contributed by atoms with Gasteiger partial charge in [0.25, 0.3) is 0 Å². The van der Waals surface area contributed by atoms with Gasteiger partial charge in [0, 0.05) is 0 Å². The van der Waals surface area contributed by atoms with Gasteiger partial charge in [-0.05, 0) is 49.2 Å². The Morgan fingerprint density at radius 3 is 1.96 bits per heavy atom. The van der Waals surface area contributed by atoms with Gasteiger partial charge in [-0.25, -0.2) is 14.0 Å². The van der Waals surface area contributed by atoms with Crippen LogP contribution in [0.2, 0.25) is 0 Å². The number of rotatable bonds is 9. The summed E-state index contributed by atoms with van der Waals surface area (Å²) in [6.07, 6.45) is 0. The minimum atomic E-state index is -0.769. The molecular weight excluding hydrogens is 371 g/mol. The van der Waals surface area contributed by atoms with Crippen LogP contribution in [0.3, 0.4) is 0 Å². The average molecular weight is 392 g/mol. The van der Waals surface area contributed by atoms with Crippen LogP contribution >= 0.6 is 0 Å². The second kappa shape index (κ2) is 10.1. The Kier molecular flexibility index (Phi) is 7.62. The first kappa shape index (κ1) is 21.0. The highest BCUT2D eigenvalue weighted by Gasteiger charge is 2.14. The number of hydrogen-bond acceptors (Lipinski definition) is 7. The fourth-order valence-electron chi connectivity index (χ4n) is 2.28. The lowest BCUT2D eigenvalue weighted by Crippen LogP contribution is -2.17. The third-order valence-corrected chi connectivity index (χ3v) is 3.53. The van der Waals surface area contributed by atoms with Crippen molar-refractivity contribution < 1.29 is 38.0 Å². The van der Waals surface area contributed by atoms with Crippen molar-refractivity contribution in [2.24, 2.45) is 0 Å². The number of halogens is 1. The summed E-state index contributed by atoms with van der Waals surface area (Å²) in [5.41, 5.74) is 1.04. The quantitative estimate of drug-likeness (QED) is 0.656. The second-order valence-electron chi connectivity index (χ2n) is 5.52. The first-order valence-electron chi connectivity index (χ1n) is 8.64. The third kappa shape index (κ3) is 5.87. The lowest BCUT2D eigenvalue weighted by atomic mass is 10.0. The zero-order valence-corrected chi connectivity index (χ0v) is 15.6. The molecule has 150 valence electrons. The molecule has 0 radical (unpaired) electrons. The number of aromatic hydroxyl groups is 1. The Balaban J connectivity index is 2.26. The van der Waals surface area contributed by atoms with Crippen molar-refractivity contribution in [1.82, 2.24) is 0 Å². The molecule has 0 aliphatic carbocycles. The zero-order valence-electron chi connectivity index (χ0n) is 15.6. The van der Waals surface area contributed by atoms with E-state index in [0.717, 1.165) is 0 Å². The number of phenolic OH excluding ortho intramolecular Hbond substituents is 1. The van der Waals surface area contributed by atoms with Gasteiger partial charge in [-0.2, -0.15) is 0 Å². The Labute approximate surface area is 161 Å². The molecule has 0 unspecified atom stereocenters. The van der Waals surface area contributed by atoms with Gasteiger partial charge >= 0.3 is 11.9 Å². The van der Waals surface area contributed by atoms with Crippen molar-refractivity contribution in [2.45, 2.75) is 13.8 Å². The topological polar surface area (TPSA) is 91.3 Å². The van der Waals surface area contributed by atoms with E-state index in [1.807, 2.05) is 0 Å². The maximum absolute atomic E-state index is 13.6. The van der Waals surface area contributed by atoms with Gasteiger partial charge in [0.2, 0.25) is 0 Å². The first-order valence-corrected chi connectivity index (χ1v) is 8.64. The predicted molar refractivity (Wildman–Crippen MR) is 97.8 cm³/mol. The molecule has 0 atom stereocenters. The fraction of sp³-hybridized carbons (Fsp3) is 0.300. The lowest BCUT2D eigenvalue weighted by molar-refractivity contribution is -0.146. The first-order chi connectivity index (χ1) is 13.4. The Bertz CT molecular complexity index is 835. The monoisotopic (exact) mass is 392 g/mol. The van der Waals surface area contributed by atoms with Crippen LogP contribution in [0.25, 0.3) is 11.1 Å². The van der Waals surface area contributed by atoms with E-state index in [9.17, 15) is 19.1 Å². The molecule has 0 heterocycles. The van der Waals surface area contributed by atoms with E-state index in [4.69, 9.17) is 18.9 Å². The van der Waals surface area contributed by atoms with Crippen LogP contribution in [-0.4, -0.2) is 43.5 Å². The van der Waals surface area contributed by atoms with Gasteiger partial charge in [-0.3, -0.25) is 0 Å². The maximum atomic E-state index is 13.6. The van der Waals surface area contributed by atoms with E-state index in [1.54, 1.807) is 19.9 Å². The van der Waals surface area contributed by atoms with E-state index in [0.29, 0.717) is 11.1 Å². The van der Waals surface area contributed by atoms with Gasteiger partial charge in [0.1, 0.15) is 0 Å². The van der Waals surface area contributed by atoms with E-state index < -0.39 is 23.5 Å². The van der Waals surface area contributed by atoms with Gasteiger partial charge in [0.05, 0.1) is 13.2 Å². The van der Waals surface area contributed by atoms with E-state index >= 15 is 0 Å². The number of hydrogen-bond donors (Lipinski definition) is 1. The number of esters is 2. The van der Waals surface area contributed by atoms with E-state index in [2.05, 4.69) is 0 Å². The Morgan fingerprint density at radius 2 is 1.39 bits per heavy atom. The highest BCUT2D eigenvalue weighted by Crippen LogP contribution is 2.34. The van der Waals surface area contributed by atoms with Crippen LogP contribution in [-0.2, 0) is 19.1 Å². The van der Waals surface area contributed by atoms with Gasteiger partial charge in [-0.1, -0.05) is 12.1 Å². The molecular formula is C20H21FO7. The van der Waals surface area contributed by atoms with Crippen LogP contribution in [0.1, 0.15) is 13.8 Å². The molecule has 1 N–H and O–H groups in total. The second-order valence-corrected chi connectivity index (χ2v) is 5.52. The molecule has 0 bridgehead atoms. The van der Waals surface area contributed by atoms with Crippen LogP contribution in [0.5, 0.6) is 17.2 Å². The smallest absolute Gasteiger partial charge is 0.344 e. The molecule has 0 fully saturated rings. The molecule has 0 aromatic heterocycles. The fourth-order valence-corrected chi connectivity index (χ4v) is 2.28.